The zero-order valence-electron chi connectivity index (χ0n) is 16.1. The summed E-state index contributed by atoms with van der Waals surface area (Å²) in [5.74, 6) is 2.00. The molecule has 1 atom stereocenters. The van der Waals surface area contributed by atoms with Gasteiger partial charge >= 0.3 is 0 Å². The van der Waals surface area contributed by atoms with Crippen molar-refractivity contribution in [3.63, 3.8) is 0 Å². The van der Waals surface area contributed by atoms with Crippen LogP contribution in [-0.4, -0.2) is 54.2 Å². The van der Waals surface area contributed by atoms with Gasteiger partial charge in [0.2, 0.25) is 0 Å². The molecule has 1 amide bonds. The Hall–Kier alpha value is -2.80. The first-order valence-electron chi connectivity index (χ1n) is 8.95. The highest BCUT2D eigenvalue weighted by molar-refractivity contribution is 5.95. The quantitative estimate of drug-likeness (QED) is 0.787. The van der Waals surface area contributed by atoms with E-state index in [2.05, 4.69) is 16.9 Å². The van der Waals surface area contributed by atoms with Crippen LogP contribution in [0, 0.1) is 0 Å². The lowest BCUT2D eigenvalue weighted by atomic mass is 10.0. The van der Waals surface area contributed by atoms with E-state index in [-0.39, 0.29) is 11.9 Å². The van der Waals surface area contributed by atoms with E-state index in [0.717, 1.165) is 17.9 Å². The second-order valence-corrected chi connectivity index (χ2v) is 6.48. The van der Waals surface area contributed by atoms with Gasteiger partial charge in [-0.05, 0) is 18.6 Å². The molecule has 2 aromatic rings. The van der Waals surface area contributed by atoms with Crippen LogP contribution < -0.4 is 14.8 Å². The maximum Gasteiger partial charge on any atom is 0.254 e. The highest BCUT2D eigenvalue weighted by Crippen LogP contribution is 2.34. The third-order valence-corrected chi connectivity index (χ3v) is 4.83. The summed E-state index contributed by atoms with van der Waals surface area (Å²) in [6.45, 7) is 5.83. The molecule has 0 saturated carbocycles. The largest absolute Gasteiger partial charge is 0.493 e. The molecule has 1 aromatic carbocycles. The van der Waals surface area contributed by atoms with Crippen molar-refractivity contribution in [3.8, 4) is 11.5 Å². The molecule has 1 unspecified atom stereocenters. The summed E-state index contributed by atoms with van der Waals surface area (Å²) >= 11 is 0. The second kappa shape index (κ2) is 8.26. The number of nitrogens with one attached hydrogen (secondary N) is 1. The van der Waals surface area contributed by atoms with Gasteiger partial charge in [0.1, 0.15) is 11.9 Å². The fourth-order valence-corrected chi connectivity index (χ4v) is 3.52. The molecule has 0 spiro atoms. The van der Waals surface area contributed by atoms with Gasteiger partial charge in [-0.2, -0.15) is 0 Å². The number of hydrogen-bond donors (Lipinski definition) is 1. The molecule has 1 fully saturated rings. The first-order chi connectivity index (χ1) is 13.1. The second-order valence-electron chi connectivity index (χ2n) is 6.48. The van der Waals surface area contributed by atoms with Crippen LogP contribution in [0.2, 0.25) is 0 Å². The average Bonchev–Trinajstić information content (AvgIpc) is 3.12. The first kappa shape index (κ1) is 19.0. The summed E-state index contributed by atoms with van der Waals surface area (Å²) in [5, 5.41) is 3.35. The summed E-state index contributed by atoms with van der Waals surface area (Å²) < 4.78 is 12.9. The smallest absolute Gasteiger partial charge is 0.254 e. The van der Waals surface area contributed by atoms with Crippen LogP contribution in [0.5, 0.6) is 11.5 Å². The van der Waals surface area contributed by atoms with E-state index in [1.165, 1.54) is 0 Å². The number of amides is 1. The molecule has 0 radical (unpaired) electrons. The molecular formula is C20H26N4O3. The number of carbonyl (C=O) groups is 1. The van der Waals surface area contributed by atoms with Crippen molar-refractivity contribution in [2.45, 2.75) is 12.5 Å². The van der Waals surface area contributed by atoms with Gasteiger partial charge in [-0.25, -0.2) is 4.98 Å². The van der Waals surface area contributed by atoms with E-state index in [9.17, 15) is 4.79 Å². The molecule has 7 nitrogen and oxygen atoms in total. The maximum atomic E-state index is 13.4. The van der Waals surface area contributed by atoms with E-state index < -0.39 is 0 Å². The Bertz CT molecular complexity index is 831. The van der Waals surface area contributed by atoms with Crippen LogP contribution in [0.3, 0.4) is 0 Å². The molecule has 1 aliphatic rings. The van der Waals surface area contributed by atoms with Crippen LogP contribution in [-0.2, 0) is 13.5 Å². The molecule has 0 bridgehead atoms. The van der Waals surface area contributed by atoms with Gasteiger partial charge in [-0.3, -0.25) is 4.79 Å². The van der Waals surface area contributed by atoms with E-state index in [4.69, 9.17) is 9.47 Å². The number of piperazine rings is 1. The van der Waals surface area contributed by atoms with Crippen LogP contribution in [0.1, 0.15) is 27.8 Å². The number of hydrogen-bond acceptors (Lipinski definition) is 5. The third-order valence-electron chi connectivity index (χ3n) is 4.83. The Morgan fingerprint density at radius 1 is 1.41 bits per heavy atom. The summed E-state index contributed by atoms with van der Waals surface area (Å²) in [6, 6.07) is 3.48. The van der Waals surface area contributed by atoms with Crippen molar-refractivity contribution in [2.24, 2.45) is 7.05 Å². The molecule has 1 aromatic heterocycles. The molecule has 7 heteroatoms. The molecule has 1 saturated heterocycles. The highest BCUT2D eigenvalue weighted by atomic mass is 16.5. The molecule has 27 heavy (non-hydrogen) atoms. The number of rotatable bonds is 6. The molecule has 2 heterocycles. The van der Waals surface area contributed by atoms with Crippen LogP contribution in [0.15, 0.2) is 37.2 Å². The van der Waals surface area contributed by atoms with Crippen molar-refractivity contribution in [1.29, 1.82) is 0 Å². The van der Waals surface area contributed by atoms with E-state index in [1.54, 1.807) is 32.6 Å². The Morgan fingerprint density at radius 2 is 2.22 bits per heavy atom. The molecule has 1 aliphatic heterocycles. The number of benzene rings is 1. The van der Waals surface area contributed by atoms with Crippen molar-refractivity contribution < 1.29 is 14.3 Å². The Balaban J connectivity index is 1.99. The topological polar surface area (TPSA) is 68.6 Å². The molecule has 1 N–H and O–H groups in total. The number of ether oxygens (including phenoxy) is 2. The van der Waals surface area contributed by atoms with Gasteiger partial charge in [0.05, 0.1) is 14.2 Å². The predicted octanol–water partition coefficient (Wildman–Crippen LogP) is 1.95. The maximum absolute atomic E-state index is 13.4. The van der Waals surface area contributed by atoms with E-state index in [1.807, 2.05) is 28.8 Å². The Morgan fingerprint density at radius 3 is 2.85 bits per heavy atom. The molecule has 3 rings (SSSR count). The fourth-order valence-electron chi connectivity index (χ4n) is 3.52. The van der Waals surface area contributed by atoms with Gasteiger partial charge in [0.15, 0.2) is 11.5 Å². The number of nitrogens with zero attached hydrogens (tertiary/aromatic N) is 3. The minimum atomic E-state index is -0.123. The normalized spacial score (nSPS) is 16.9. The van der Waals surface area contributed by atoms with Crippen molar-refractivity contribution in [2.75, 3.05) is 33.9 Å². The molecular weight excluding hydrogens is 344 g/mol. The highest BCUT2D eigenvalue weighted by Gasteiger charge is 2.31. The van der Waals surface area contributed by atoms with Gasteiger partial charge in [-0.15, -0.1) is 6.58 Å². The van der Waals surface area contributed by atoms with Gasteiger partial charge in [-0.1, -0.05) is 6.08 Å². The summed E-state index contributed by atoms with van der Waals surface area (Å²) in [5.41, 5.74) is 1.45. The minimum absolute atomic E-state index is 0.0456. The Kier molecular flexibility index (Phi) is 5.81. The summed E-state index contributed by atoms with van der Waals surface area (Å²) in [6.07, 6.45) is 6.02. The van der Waals surface area contributed by atoms with Gasteiger partial charge in [0.25, 0.3) is 5.91 Å². The van der Waals surface area contributed by atoms with Crippen LogP contribution >= 0.6 is 0 Å². The minimum Gasteiger partial charge on any atom is -0.493 e. The Labute approximate surface area is 159 Å². The fraction of sp³-hybridized carbons (Fsp3) is 0.400. The molecule has 0 aliphatic carbocycles. The number of aryl methyl sites for hydroxylation is 1. The van der Waals surface area contributed by atoms with Crippen LogP contribution in [0.4, 0.5) is 0 Å². The average molecular weight is 370 g/mol. The number of methoxy groups -OCH3 is 2. The lowest BCUT2D eigenvalue weighted by Gasteiger charge is -2.36. The monoisotopic (exact) mass is 370 g/mol. The predicted molar refractivity (Wildman–Crippen MR) is 103 cm³/mol. The van der Waals surface area contributed by atoms with Gasteiger partial charge in [0, 0.05) is 50.2 Å². The van der Waals surface area contributed by atoms with E-state index >= 15 is 0 Å². The lowest BCUT2D eigenvalue weighted by Crippen LogP contribution is -2.49. The number of aromatic nitrogens is 2. The van der Waals surface area contributed by atoms with Gasteiger partial charge < -0.3 is 24.3 Å². The summed E-state index contributed by atoms with van der Waals surface area (Å²) in [7, 11) is 5.11. The van der Waals surface area contributed by atoms with Crippen molar-refractivity contribution >= 4 is 5.91 Å². The standard InChI is InChI=1S/C20H26N4O3/c1-5-6-14-11-15(12-17(26-3)18(14)27-4)20(25)24-10-7-21-13-16(24)19-22-8-9-23(19)2/h5,8-9,11-12,16,21H,1,6-7,10,13H2,2-4H3. The lowest BCUT2D eigenvalue weighted by molar-refractivity contribution is 0.0620. The molecule has 144 valence electrons. The third kappa shape index (κ3) is 3.68. The van der Waals surface area contributed by atoms with Crippen molar-refractivity contribution in [3.05, 3.63) is 54.1 Å². The first-order valence-corrected chi connectivity index (χ1v) is 8.95. The zero-order valence-corrected chi connectivity index (χ0v) is 16.1. The summed E-state index contributed by atoms with van der Waals surface area (Å²) in [4.78, 5) is 19.7. The number of allylic oxidation sites excluding steroid dienone is 1. The van der Waals surface area contributed by atoms with E-state index in [0.29, 0.717) is 36.6 Å². The number of imidazole rings is 1. The SMILES string of the molecule is C=CCc1cc(C(=O)N2CCNCC2c2nccn2C)cc(OC)c1OC. The number of carbonyl (C=O) groups excluding carboxylic acids is 1. The van der Waals surface area contributed by atoms with Crippen LogP contribution in [0.25, 0.3) is 0 Å². The zero-order chi connectivity index (χ0) is 19.4. The van der Waals surface area contributed by atoms with Crippen molar-refractivity contribution in [1.82, 2.24) is 19.8 Å².